The molecule has 0 saturated carbocycles. The topological polar surface area (TPSA) is 80.8 Å². The molecular weight excluding hydrogens is 246 g/mol. The van der Waals surface area contributed by atoms with E-state index in [0.29, 0.717) is 5.06 Å². The van der Waals surface area contributed by atoms with E-state index in [-0.39, 0.29) is 37.6 Å². The van der Waals surface area contributed by atoms with Crippen LogP contribution in [-0.2, 0) is 24.0 Å². The number of nitrogens with zero attached hydrogens (tertiary/aromatic N) is 1. The average Bonchev–Trinajstić information content (AvgIpc) is 2.49. The predicted molar refractivity (Wildman–Crippen MR) is 61.7 cm³/mol. The Balaban J connectivity index is 0.00000256. The quantitative estimate of drug-likeness (QED) is 0.699. The molecule has 1 aliphatic heterocycles. The van der Waals surface area contributed by atoms with Crippen molar-refractivity contribution in [2.24, 2.45) is 0 Å². The monoisotopic (exact) mass is 261 g/mol. The van der Waals surface area contributed by atoms with Gasteiger partial charge >= 0.3 is 5.97 Å². The number of carbonyl (C=O) groups is 4. The molecule has 17 heavy (non-hydrogen) atoms. The normalized spacial score (nSPS) is 14.5. The first-order valence-corrected chi connectivity index (χ1v) is 5.69. The van der Waals surface area contributed by atoms with Crippen LogP contribution in [-0.4, -0.2) is 33.7 Å². The summed E-state index contributed by atoms with van der Waals surface area (Å²) in [4.78, 5) is 48.5. The summed E-state index contributed by atoms with van der Waals surface area (Å²) >= 11 is 0.991. The van der Waals surface area contributed by atoms with Crippen LogP contribution in [0.2, 0.25) is 0 Å². The number of carbonyl (C=O) groups excluding carboxylic acids is 4. The summed E-state index contributed by atoms with van der Waals surface area (Å²) in [7, 11) is 0. The van der Waals surface area contributed by atoms with E-state index < -0.39 is 17.8 Å². The van der Waals surface area contributed by atoms with Crippen LogP contribution in [0.4, 0.5) is 0 Å². The molecule has 0 atom stereocenters. The molecular formula is C10H15NO5S. The number of hydroxylamine groups is 2. The van der Waals surface area contributed by atoms with Crippen LogP contribution < -0.4 is 0 Å². The first kappa shape index (κ1) is 15.6. The lowest BCUT2D eigenvalue weighted by Crippen LogP contribution is -2.32. The number of rotatable bonds is 4. The van der Waals surface area contributed by atoms with Gasteiger partial charge in [-0.3, -0.25) is 14.4 Å². The summed E-state index contributed by atoms with van der Waals surface area (Å²) in [5.74, 6) is -1.41. The fourth-order valence-corrected chi connectivity index (χ4v) is 1.64. The van der Waals surface area contributed by atoms with Gasteiger partial charge in [-0.25, -0.2) is 4.79 Å². The highest BCUT2D eigenvalue weighted by Gasteiger charge is 2.32. The zero-order valence-electron chi connectivity index (χ0n) is 8.73. The Bertz CT molecular complexity index is 326. The Hall–Kier alpha value is -1.37. The lowest BCUT2D eigenvalue weighted by molar-refractivity contribution is -0.197. The molecule has 1 rings (SSSR count). The second kappa shape index (κ2) is 7.05. The van der Waals surface area contributed by atoms with Gasteiger partial charge in [-0.15, -0.1) is 5.06 Å². The Morgan fingerprint density at radius 3 is 2.29 bits per heavy atom. The number of amides is 2. The van der Waals surface area contributed by atoms with Gasteiger partial charge in [0.1, 0.15) is 0 Å². The van der Waals surface area contributed by atoms with Crippen LogP contribution in [0.5, 0.6) is 0 Å². The summed E-state index contributed by atoms with van der Waals surface area (Å²) in [6.45, 7) is 1.39. The van der Waals surface area contributed by atoms with Crippen molar-refractivity contribution in [1.29, 1.82) is 0 Å². The van der Waals surface area contributed by atoms with Gasteiger partial charge < -0.3 is 4.84 Å². The second-order valence-corrected chi connectivity index (χ2v) is 4.41. The molecule has 0 N–H and O–H groups in total. The van der Waals surface area contributed by atoms with E-state index in [1.807, 2.05) is 0 Å². The first-order valence-electron chi connectivity index (χ1n) is 4.70. The second-order valence-electron chi connectivity index (χ2n) is 3.14. The molecule has 96 valence electrons. The van der Waals surface area contributed by atoms with Gasteiger partial charge in [0.2, 0.25) is 0 Å². The van der Waals surface area contributed by atoms with Crippen molar-refractivity contribution in [3.8, 4) is 0 Å². The first-order chi connectivity index (χ1) is 7.50. The lowest BCUT2D eigenvalue weighted by Gasteiger charge is -2.11. The van der Waals surface area contributed by atoms with Gasteiger partial charge in [-0.1, -0.05) is 19.2 Å². The number of thioether (sulfide) groups is 1. The van der Waals surface area contributed by atoms with Crippen LogP contribution in [0.15, 0.2) is 0 Å². The van der Waals surface area contributed by atoms with Gasteiger partial charge in [-0.2, -0.15) is 0 Å². The molecule has 6 nitrogen and oxygen atoms in total. The third-order valence-corrected chi connectivity index (χ3v) is 2.63. The van der Waals surface area contributed by atoms with Crippen LogP contribution in [0.3, 0.4) is 0 Å². The summed E-state index contributed by atoms with van der Waals surface area (Å²) in [5.41, 5.74) is 0. The number of hydrogen-bond donors (Lipinski definition) is 0. The highest BCUT2D eigenvalue weighted by Crippen LogP contribution is 2.13. The molecule has 1 heterocycles. The Morgan fingerprint density at radius 2 is 1.82 bits per heavy atom. The van der Waals surface area contributed by atoms with Gasteiger partial charge in [0.15, 0.2) is 5.12 Å². The Kier molecular flexibility index (Phi) is 6.48. The van der Waals surface area contributed by atoms with Gasteiger partial charge in [-0.05, 0) is 0 Å². The van der Waals surface area contributed by atoms with E-state index in [9.17, 15) is 19.2 Å². The standard InChI is InChI=1S/C9H11NO5S.CH4/c1-6(11)16-5-4-9(14)15-10-7(12)2-3-8(10)13;/h2-5H2,1H3;1H4. The smallest absolute Gasteiger partial charge is 0.330 e. The summed E-state index contributed by atoms with van der Waals surface area (Å²) in [5, 5.41) is 0.405. The van der Waals surface area contributed by atoms with E-state index in [2.05, 4.69) is 4.84 Å². The van der Waals surface area contributed by atoms with Gasteiger partial charge in [0.05, 0.1) is 6.42 Å². The van der Waals surface area contributed by atoms with Crippen molar-refractivity contribution in [2.45, 2.75) is 33.6 Å². The van der Waals surface area contributed by atoms with E-state index in [0.717, 1.165) is 11.8 Å². The van der Waals surface area contributed by atoms with E-state index in [4.69, 9.17) is 0 Å². The third kappa shape index (κ3) is 4.99. The lowest BCUT2D eigenvalue weighted by atomic mass is 10.4. The van der Waals surface area contributed by atoms with E-state index in [1.54, 1.807) is 0 Å². The fourth-order valence-electron chi connectivity index (χ4n) is 1.08. The molecule has 0 bridgehead atoms. The SMILES string of the molecule is C.CC(=O)SCCC(=O)ON1C(=O)CCC1=O. The maximum atomic E-state index is 11.2. The fraction of sp³-hybridized carbons (Fsp3) is 0.600. The molecule has 1 fully saturated rings. The zero-order valence-corrected chi connectivity index (χ0v) is 9.54. The highest BCUT2D eigenvalue weighted by molar-refractivity contribution is 8.13. The van der Waals surface area contributed by atoms with Crippen LogP contribution in [0.25, 0.3) is 0 Å². The van der Waals surface area contributed by atoms with Gasteiger partial charge in [0.25, 0.3) is 11.8 Å². The molecule has 0 aliphatic carbocycles. The zero-order chi connectivity index (χ0) is 12.1. The summed E-state index contributed by atoms with van der Waals surface area (Å²) < 4.78 is 0. The third-order valence-electron chi connectivity index (χ3n) is 1.81. The maximum Gasteiger partial charge on any atom is 0.334 e. The number of hydrogen-bond acceptors (Lipinski definition) is 6. The van der Waals surface area contributed by atoms with Crippen LogP contribution >= 0.6 is 11.8 Å². The highest BCUT2D eigenvalue weighted by atomic mass is 32.2. The minimum atomic E-state index is -0.683. The predicted octanol–water partition coefficient (Wildman–Crippen LogP) is 0.899. The van der Waals surface area contributed by atoms with Crippen molar-refractivity contribution in [2.75, 3.05) is 5.75 Å². The Morgan fingerprint density at radius 1 is 1.29 bits per heavy atom. The minimum absolute atomic E-state index is 0. The van der Waals surface area contributed by atoms with Crippen molar-refractivity contribution in [1.82, 2.24) is 5.06 Å². The molecule has 0 aromatic heterocycles. The molecule has 0 unspecified atom stereocenters. The molecule has 7 heteroatoms. The minimum Gasteiger partial charge on any atom is -0.330 e. The molecule has 2 amide bonds. The maximum absolute atomic E-state index is 11.2. The van der Waals surface area contributed by atoms with Crippen LogP contribution in [0, 0.1) is 0 Å². The van der Waals surface area contributed by atoms with E-state index >= 15 is 0 Å². The molecule has 1 saturated heterocycles. The van der Waals surface area contributed by atoms with Crippen LogP contribution in [0.1, 0.15) is 33.6 Å². The van der Waals surface area contributed by atoms with Crippen molar-refractivity contribution < 1.29 is 24.0 Å². The number of imide groups is 1. The summed E-state index contributed by atoms with van der Waals surface area (Å²) in [6, 6.07) is 0. The molecule has 0 aromatic rings. The van der Waals surface area contributed by atoms with E-state index in [1.165, 1.54) is 6.92 Å². The Labute approximate surface area is 104 Å². The largest absolute Gasteiger partial charge is 0.334 e. The molecule has 0 radical (unpaired) electrons. The molecule has 0 spiro atoms. The average molecular weight is 261 g/mol. The molecule has 0 aromatic carbocycles. The van der Waals surface area contributed by atoms with Crippen molar-refractivity contribution in [3.63, 3.8) is 0 Å². The summed E-state index contributed by atoms with van der Waals surface area (Å²) in [6.07, 6.45) is 0.143. The molecule has 1 aliphatic rings. The van der Waals surface area contributed by atoms with Crippen molar-refractivity contribution in [3.05, 3.63) is 0 Å². The van der Waals surface area contributed by atoms with Gasteiger partial charge in [0, 0.05) is 25.5 Å². The van der Waals surface area contributed by atoms with Crippen molar-refractivity contribution >= 4 is 34.7 Å².